The van der Waals surface area contributed by atoms with Crippen LogP contribution in [0.2, 0.25) is 10.0 Å². The van der Waals surface area contributed by atoms with Gasteiger partial charge in [0.05, 0.1) is 0 Å². The lowest BCUT2D eigenvalue weighted by Gasteiger charge is -2.31. The molecule has 2 aromatic carbocycles. The molecule has 0 spiro atoms. The van der Waals surface area contributed by atoms with Crippen molar-refractivity contribution in [2.45, 2.75) is 12.5 Å². The van der Waals surface area contributed by atoms with E-state index in [-0.39, 0.29) is 0 Å². The minimum absolute atomic E-state index is 0.466. The number of aliphatic hydroxyl groups is 1. The molecule has 0 saturated carbocycles. The maximum atomic E-state index is 11.7. The first-order valence-corrected chi connectivity index (χ1v) is 7.79. The monoisotopic (exact) mass is 344 g/mol. The van der Waals surface area contributed by atoms with Gasteiger partial charge in [0.25, 0.3) is 0 Å². The Morgan fingerprint density at radius 3 is 2.30 bits per heavy atom. The number of hydrogen-bond donors (Lipinski definition) is 1. The van der Waals surface area contributed by atoms with Crippen LogP contribution in [0.4, 0.5) is 0 Å². The van der Waals surface area contributed by atoms with Gasteiger partial charge in [0.1, 0.15) is 11.9 Å². The fraction of sp³-hybridized carbons (Fsp3) is 0.111. The van der Waals surface area contributed by atoms with Gasteiger partial charge in [-0.1, -0.05) is 53.5 Å². The SMILES string of the molecule is Cc1ncncc1C(O)(c1ccc(Cl)cc1)c1ccccc1Cl. The Morgan fingerprint density at radius 1 is 0.957 bits per heavy atom. The summed E-state index contributed by atoms with van der Waals surface area (Å²) in [4.78, 5) is 8.27. The third-order valence-electron chi connectivity index (χ3n) is 3.83. The van der Waals surface area contributed by atoms with Crippen LogP contribution in [-0.4, -0.2) is 15.1 Å². The zero-order valence-corrected chi connectivity index (χ0v) is 13.9. The topological polar surface area (TPSA) is 46.0 Å². The molecule has 1 atom stereocenters. The lowest BCUT2D eigenvalue weighted by molar-refractivity contribution is 0.124. The molecule has 3 rings (SSSR count). The van der Waals surface area contributed by atoms with E-state index in [1.807, 2.05) is 19.1 Å². The van der Waals surface area contributed by atoms with E-state index in [0.29, 0.717) is 32.4 Å². The van der Waals surface area contributed by atoms with Gasteiger partial charge >= 0.3 is 0 Å². The van der Waals surface area contributed by atoms with E-state index in [9.17, 15) is 5.11 Å². The van der Waals surface area contributed by atoms with Gasteiger partial charge in [0.2, 0.25) is 0 Å². The summed E-state index contributed by atoms with van der Waals surface area (Å²) < 4.78 is 0. The molecule has 1 unspecified atom stereocenters. The molecular formula is C18H14Cl2N2O. The zero-order chi connectivity index (χ0) is 16.4. The van der Waals surface area contributed by atoms with Crippen molar-refractivity contribution >= 4 is 23.2 Å². The van der Waals surface area contributed by atoms with Crippen LogP contribution < -0.4 is 0 Å². The predicted octanol–water partition coefficient (Wildman–Crippen LogP) is 4.38. The van der Waals surface area contributed by atoms with Crippen LogP contribution in [0.5, 0.6) is 0 Å². The molecule has 5 heteroatoms. The van der Waals surface area contributed by atoms with Crippen molar-refractivity contribution in [1.29, 1.82) is 0 Å². The molecule has 0 fully saturated rings. The van der Waals surface area contributed by atoms with Crippen LogP contribution in [0, 0.1) is 6.92 Å². The van der Waals surface area contributed by atoms with Gasteiger partial charge in [-0.2, -0.15) is 0 Å². The molecule has 0 radical (unpaired) electrons. The highest BCUT2D eigenvalue weighted by Gasteiger charge is 2.37. The molecule has 1 N–H and O–H groups in total. The van der Waals surface area contributed by atoms with Crippen LogP contribution in [0.15, 0.2) is 61.1 Å². The highest BCUT2D eigenvalue weighted by Crippen LogP contribution is 2.40. The Balaban J connectivity index is 2.32. The van der Waals surface area contributed by atoms with E-state index in [2.05, 4.69) is 9.97 Å². The normalized spacial score (nSPS) is 13.6. The molecule has 23 heavy (non-hydrogen) atoms. The molecule has 0 aliphatic heterocycles. The molecule has 0 aliphatic carbocycles. The van der Waals surface area contributed by atoms with Gasteiger partial charge < -0.3 is 5.11 Å². The Labute approximate surface area is 144 Å². The maximum absolute atomic E-state index is 11.7. The van der Waals surface area contributed by atoms with Crippen molar-refractivity contribution in [2.75, 3.05) is 0 Å². The largest absolute Gasteiger partial charge is 0.376 e. The van der Waals surface area contributed by atoms with E-state index < -0.39 is 5.60 Å². The Morgan fingerprint density at radius 2 is 1.65 bits per heavy atom. The van der Waals surface area contributed by atoms with Crippen molar-refractivity contribution in [3.05, 3.63) is 93.5 Å². The number of aryl methyl sites for hydroxylation is 1. The Hall–Kier alpha value is -1.94. The first kappa shape index (κ1) is 15.9. The molecule has 1 aromatic heterocycles. The van der Waals surface area contributed by atoms with Crippen LogP contribution in [-0.2, 0) is 5.60 Å². The van der Waals surface area contributed by atoms with Gasteiger partial charge in [0.15, 0.2) is 0 Å². The van der Waals surface area contributed by atoms with Gasteiger partial charge in [0, 0.05) is 33.1 Å². The number of halogens is 2. The van der Waals surface area contributed by atoms with E-state index in [1.54, 1.807) is 42.6 Å². The van der Waals surface area contributed by atoms with E-state index in [0.717, 1.165) is 0 Å². The summed E-state index contributed by atoms with van der Waals surface area (Å²) in [5, 5.41) is 12.7. The average Bonchev–Trinajstić information content (AvgIpc) is 2.56. The van der Waals surface area contributed by atoms with Crippen LogP contribution in [0.3, 0.4) is 0 Å². The average molecular weight is 345 g/mol. The Kier molecular flexibility index (Phi) is 4.35. The van der Waals surface area contributed by atoms with Gasteiger partial charge in [-0.25, -0.2) is 9.97 Å². The summed E-state index contributed by atoms with van der Waals surface area (Å²) in [6, 6.07) is 14.2. The third-order valence-corrected chi connectivity index (χ3v) is 4.41. The van der Waals surface area contributed by atoms with Crippen molar-refractivity contribution in [3.63, 3.8) is 0 Å². The van der Waals surface area contributed by atoms with Crippen LogP contribution in [0.1, 0.15) is 22.4 Å². The second-order valence-corrected chi connectivity index (χ2v) is 6.06. The summed E-state index contributed by atoms with van der Waals surface area (Å²) in [7, 11) is 0. The van der Waals surface area contributed by atoms with Crippen LogP contribution in [0.25, 0.3) is 0 Å². The Bertz CT molecular complexity index is 789. The highest BCUT2D eigenvalue weighted by molar-refractivity contribution is 6.31. The second-order valence-electron chi connectivity index (χ2n) is 5.22. The molecule has 0 bridgehead atoms. The molecule has 3 nitrogen and oxygen atoms in total. The number of hydrogen-bond acceptors (Lipinski definition) is 3. The molecule has 3 aromatic rings. The standard InChI is InChI=1S/C18H14Cl2N2O/c1-12-16(10-21-11-22-12)18(23,13-6-8-14(19)9-7-13)15-4-2-3-5-17(15)20/h2-11,23H,1H3. The number of aromatic nitrogens is 2. The van der Waals surface area contributed by atoms with Crippen molar-refractivity contribution in [3.8, 4) is 0 Å². The number of benzene rings is 2. The first-order valence-electron chi connectivity index (χ1n) is 7.04. The smallest absolute Gasteiger partial charge is 0.145 e. The van der Waals surface area contributed by atoms with Gasteiger partial charge in [-0.15, -0.1) is 0 Å². The number of rotatable bonds is 3. The summed E-state index contributed by atoms with van der Waals surface area (Å²) in [6.07, 6.45) is 3.06. The predicted molar refractivity (Wildman–Crippen MR) is 91.8 cm³/mol. The van der Waals surface area contributed by atoms with E-state index in [4.69, 9.17) is 23.2 Å². The van der Waals surface area contributed by atoms with Crippen molar-refractivity contribution in [2.24, 2.45) is 0 Å². The highest BCUT2D eigenvalue weighted by atomic mass is 35.5. The minimum Gasteiger partial charge on any atom is -0.376 e. The summed E-state index contributed by atoms with van der Waals surface area (Å²) in [5.41, 5.74) is 1.01. The van der Waals surface area contributed by atoms with Crippen LogP contribution >= 0.6 is 23.2 Å². The summed E-state index contributed by atoms with van der Waals surface area (Å²) >= 11 is 12.3. The first-order chi connectivity index (χ1) is 11.0. The maximum Gasteiger partial charge on any atom is 0.145 e. The molecule has 116 valence electrons. The molecule has 1 heterocycles. The minimum atomic E-state index is -1.46. The molecule has 0 saturated heterocycles. The van der Waals surface area contributed by atoms with Gasteiger partial charge in [-0.05, 0) is 30.7 Å². The second kappa shape index (κ2) is 6.28. The van der Waals surface area contributed by atoms with E-state index in [1.165, 1.54) is 6.33 Å². The van der Waals surface area contributed by atoms with Crippen molar-refractivity contribution in [1.82, 2.24) is 9.97 Å². The molecular weight excluding hydrogens is 331 g/mol. The van der Waals surface area contributed by atoms with E-state index >= 15 is 0 Å². The summed E-state index contributed by atoms with van der Waals surface area (Å²) in [5.74, 6) is 0. The fourth-order valence-corrected chi connectivity index (χ4v) is 3.05. The zero-order valence-electron chi connectivity index (χ0n) is 12.4. The van der Waals surface area contributed by atoms with Crippen molar-refractivity contribution < 1.29 is 5.11 Å². The van der Waals surface area contributed by atoms with Gasteiger partial charge in [-0.3, -0.25) is 0 Å². The molecule has 0 aliphatic rings. The molecule has 0 amide bonds. The lowest BCUT2D eigenvalue weighted by atomic mass is 9.80. The number of nitrogens with zero attached hydrogens (tertiary/aromatic N) is 2. The fourth-order valence-electron chi connectivity index (χ4n) is 2.65. The quantitative estimate of drug-likeness (QED) is 0.766. The third kappa shape index (κ3) is 2.83. The summed E-state index contributed by atoms with van der Waals surface area (Å²) in [6.45, 7) is 1.83. The lowest BCUT2D eigenvalue weighted by Crippen LogP contribution is -2.30.